The summed E-state index contributed by atoms with van der Waals surface area (Å²) in [6, 6.07) is -0.786. The molecule has 72 valence electrons. The first-order chi connectivity index (χ1) is 6.62. The maximum absolute atomic E-state index is 10.1. The van der Waals surface area contributed by atoms with E-state index in [9.17, 15) is 9.59 Å². The zero-order valence-corrected chi connectivity index (χ0v) is 8.29. The summed E-state index contributed by atoms with van der Waals surface area (Å²) in [6.45, 7) is 0. The second kappa shape index (κ2) is 4.36. The number of aliphatic imine (C=N–C) groups is 2. The van der Waals surface area contributed by atoms with E-state index in [2.05, 4.69) is 9.98 Å². The van der Waals surface area contributed by atoms with Crippen LogP contribution in [0.25, 0.3) is 0 Å². The molecule has 0 fully saturated rings. The van der Waals surface area contributed by atoms with Crippen molar-refractivity contribution in [2.75, 3.05) is 0 Å². The van der Waals surface area contributed by atoms with Crippen molar-refractivity contribution in [3.63, 3.8) is 0 Å². The van der Waals surface area contributed by atoms with Crippen LogP contribution in [0.3, 0.4) is 0 Å². The van der Waals surface area contributed by atoms with Gasteiger partial charge in [-0.2, -0.15) is 9.98 Å². The Morgan fingerprint density at radius 2 is 2.14 bits per heavy atom. The first-order valence-electron chi connectivity index (χ1n) is 3.54. The summed E-state index contributed by atoms with van der Waals surface area (Å²) in [7, 11) is 0. The van der Waals surface area contributed by atoms with Crippen molar-refractivity contribution in [2.45, 2.75) is 11.0 Å². The lowest BCUT2D eigenvalue weighted by Crippen LogP contribution is -2.31. The third kappa shape index (κ3) is 2.19. The fourth-order valence-corrected chi connectivity index (χ4v) is 1.57. The summed E-state index contributed by atoms with van der Waals surface area (Å²) in [5.74, 6) is 0. The van der Waals surface area contributed by atoms with Gasteiger partial charge in [-0.1, -0.05) is 29.3 Å². The molecule has 14 heavy (non-hydrogen) atoms. The first kappa shape index (κ1) is 10.9. The lowest BCUT2D eigenvalue weighted by molar-refractivity contribution is 0.542. The number of alkyl halides is 1. The van der Waals surface area contributed by atoms with Gasteiger partial charge in [-0.05, 0) is 12.2 Å². The average molecular weight is 231 g/mol. The molecule has 0 amide bonds. The normalized spacial score (nSPS) is 29.9. The maximum atomic E-state index is 10.1. The van der Waals surface area contributed by atoms with E-state index in [1.807, 2.05) is 0 Å². The summed E-state index contributed by atoms with van der Waals surface area (Å²) in [6.07, 6.45) is 6.93. The molecule has 0 heterocycles. The van der Waals surface area contributed by atoms with Crippen molar-refractivity contribution in [1.29, 1.82) is 0 Å². The SMILES string of the molecule is O=C=NC1C=CC(Cl)=CC1(Cl)N=C=O. The molecule has 0 aliphatic heterocycles. The van der Waals surface area contributed by atoms with Crippen molar-refractivity contribution in [2.24, 2.45) is 9.98 Å². The number of halogens is 2. The smallest absolute Gasteiger partial charge is 0.211 e. The van der Waals surface area contributed by atoms with Crippen LogP contribution in [0.1, 0.15) is 0 Å². The predicted octanol–water partition coefficient (Wildman–Crippen LogP) is 1.65. The van der Waals surface area contributed by atoms with Crippen LogP contribution in [0.15, 0.2) is 33.2 Å². The van der Waals surface area contributed by atoms with E-state index in [1.54, 1.807) is 0 Å². The molecule has 0 radical (unpaired) electrons. The van der Waals surface area contributed by atoms with Crippen LogP contribution >= 0.6 is 23.2 Å². The van der Waals surface area contributed by atoms with Crippen molar-refractivity contribution < 1.29 is 9.59 Å². The minimum Gasteiger partial charge on any atom is -0.211 e. The van der Waals surface area contributed by atoms with Gasteiger partial charge in [0.1, 0.15) is 6.04 Å². The molecule has 0 aromatic carbocycles. The molecule has 1 aliphatic carbocycles. The number of nitrogens with zero attached hydrogens (tertiary/aromatic N) is 2. The van der Waals surface area contributed by atoms with E-state index in [-0.39, 0.29) is 0 Å². The molecule has 2 unspecified atom stereocenters. The first-order valence-corrected chi connectivity index (χ1v) is 4.29. The number of hydrogen-bond acceptors (Lipinski definition) is 4. The molecular weight excluding hydrogens is 227 g/mol. The van der Waals surface area contributed by atoms with Gasteiger partial charge >= 0.3 is 0 Å². The van der Waals surface area contributed by atoms with E-state index in [4.69, 9.17) is 23.2 Å². The van der Waals surface area contributed by atoms with Crippen molar-refractivity contribution in [1.82, 2.24) is 0 Å². The summed E-state index contributed by atoms with van der Waals surface area (Å²) in [4.78, 5) is 25.5. The van der Waals surface area contributed by atoms with Crippen LogP contribution in [0.2, 0.25) is 0 Å². The van der Waals surface area contributed by atoms with Crippen molar-refractivity contribution >= 4 is 35.4 Å². The largest absolute Gasteiger partial charge is 0.237 e. The van der Waals surface area contributed by atoms with Crippen LogP contribution in [-0.4, -0.2) is 23.2 Å². The van der Waals surface area contributed by atoms with E-state index in [1.165, 1.54) is 30.4 Å². The quantitative estimate of drug-likeness (QED) is 0.314. The van der Waals surface area contributed by atoms with Gasteiger partial charge < -0.3 is 0 Å². The summed E-state index contributed by atoms with van der Waals surface area (Å²) in [5, 5.41) is 0.316. The zero-order chi connectivity index (χ0) is 10.6. The lowest BCUT2D eigenvalue weighted by Gasteiger charge is -2.23. The number of isocyanates is 2. The van der Waals surface area contributed by atoms with Gasteiger partial charge in [-0.3, -0.25) is 0 Å². The highest BCUT2D eigenvalue weighted by Crippen LogP contribution is 2.32. The standard InChI is InChI=1S/C8H4Cl2N2O2/c9-6-1-2-7(11-4-13)8(10,3-6)12-5-14/h1-3,7H. The zero-order valence-electron chi connectivity index (χ0n) is 6.78. The molecular formula is C8H4Cl2N2O2. The van der Waals surface area contributed by atoms with Crippen LogP contribution in [0, 0.1) is 0 Å². The van der Waals surface area contributed by atoms with E-state index >= 15 is 0 Å². The van der Waals surface area contributed by atoms with Gasteiger partial charge in [-0.25, -0.2) is 9.59 Å². The molecule has 0 bridgehead atoms. The summed E-state index contributed by atoms with van der Waals surface area (Å²) < 4.78 is 0. The van der Waals surface area contributed by atoms with Crippen molar-refractivity contribution in [3.05, 3.63) is 23.3 Å². The molecule has 0 aromatic rings. The van der Waals surface area contributed by atoms with Crippen LogP contribution in [0.5, 0.6) is 0 Å². The van der Waals surface area contributed by atoms with Gasteiger partial charge in [0.2, 0.25) is 12.2 Å². The number of carbonyl (C=O) groups excluding carboxylic acids is 2. The Kier molecular flexibility index (Phi) is 3.39. The highest BCUT2D eigenvalue weighted by Gasteiger charge is 2.36. The van der Waals surface area contributed by atoms with E-state index in [0.29, 0.717) is 5.03 Å². The second-order valence-electron chi connectivity index (χ2n) is 2.48. The molecule has 0 aromatic heterocycles. The average Bonchev–Trinajstić information content (AvgIpc) is 2.10. The minimum absolute atomic E-state index is 0.316. The lowest BCUT2D eigenvalue weighted by atomic mass is 10.0. The Hall–Kier alpha value is -1.18. The minimum atomic E-state index is -1.47. The van der Waals surface area contributed by atoms with Gasteiger partial charge in [0.25, 0.3) is 0 Å². The Morgan fingerprint density at radius 3 is 2.71 bits per heavy atom. The van der Waals surface area contributed by atoms with E-state index < -0.39 is 11.0 Å². The Labute approximate surface area is 89.6 Å². The predicted molar refractivity (Wildman–Crippen MR) is 51.7 cm³/mol. The van der Waals surface area contributed by atoms with Gasteiger partial charge in [-0.15, -0.1) is 0 Å². The van der Waals surface area contributed by atoms with Gasteiger partial charge in [0.05, 0.1) is 0 Å². The van der Waals surface area contributed by atoms with E-state index in [0.717, 1.165) is 0 Å². The van der Waals surface area contributed by atoms with Crippen molar-refractivity contribution in [3.8, 4) is 0 Å². The monoisotopic (exact) mass is 230 g/mol. The third-order valence-corrected chi connectivity index (χ3v) is 2.25. The second-order valence-corrected chi connectivity index (χ2v) is 3.53. The highest BCUT2D eigenvalue weighted by molar-refractivity contribution is 6.33. The van der Waals surface area contributed by atoms with Gasteiger partial charge in [0.15, 0.2) is 5.00 Å². The molecule has 0 saturated carbocycles. The summed E-state index contributed by atoms with van der Waals surface area (Å²) in [5.41, 5.74) is 0. The van der Waals surface area contributed by atoms with Crippen LogP contribution < -0.4 is 0 Å². The molecule has 4 nitrogen and oxygen atoms in total. The molecule has 1 aliphatic rings. The summed E-state index contributed by atoms with van der Waals surface area (Å²) >= 11 is 11.6. The maximum Gasteiger partial charge on any atom is 0.237 e. The topological polar surface area (TPSA) is 58.9 Å². The highest BCUT2D eigenvalue weighted by atomic mass is 35.5. The third-order valence-electron chi connectivity index (χ3n) is 1.60. The Morgan fingerprint density at radius 1 is 1.43 bits per heavy atom. The van der Waals surface area contributed by atoms with Crippen LogP contribution in [0.4, 0.5) is 0 Å². The number of hydrogen-bond donors (Lipinski definition) is 0. The molecule has 6 heteroatoms. The number of allylic oxidation sites excluding steroid dienone is 2. The molecule has 0 N–H and O–H groups in total. The Balaban J connectivity index is 3.15. The van der Waals surface area contributed by atoms with Gasteiger partial charge in [0, 0.05) is 5.03 Å². The number of rotatable bonds is 2. The molecule has 0 spiro atoms. The molecule has 0 saturated heterocycles. The van der Waals surface area contributed by atoms with Crippen LogP contribution in [-0.2, 0) is 9.59 Å². The Bertz CT molecular complexity index is 392. The fraction of sp³-hybridized carbons (Fsp3) is 0.250. The molecule has 2 atom stereocenters. The molecule has 1 rings (SSSR count). The fourth-order valence-electron chi connectivity index (χ4n) is 1.00.